The molecule has 1 aromatic rings. The van der Waals surface area contributed by atoms with Crippen LogP contribution in [-0.2, 0) is 45.5 Å². The number of hydrogen-bond acceptors (Lipinski definition) is 11. The molecule has 1 rings (SSSR count). The van der Waals surface area contributed by atoms with E-state index in [2.05, 4.69) is 58.1 Å². The minimum Gasteiger partial charge on any atom is -0.466 e. The van der Waals surface area contributed by atoms with Crippen LogP contribution >= 0.6 is 7.82 Å². The van der Waals surface area contributed by atoms with E-state index in [4.69, 9.17) is 28.7 Å². The number of phosphoric ester groups is 1. The molecule has 0 aromatic carbocycles. The van der Waals surface area contributed by atoms with E-state index >= 15 is 0 Å². The predicted octanol–water partition coefficient (Wildman–Crippen LogP) is 11.1. The molecule has 13 heteroatoms. The van der Waals surface area contributed by atoms with Crippen molar-refractivity contribution in [1.29, 1.82) is 0 Å². The van der Waals surface area contributed by atoms with Crippen LogP contribution in [0.1, 0.15) is 178 Å². The molecule has 0 spiro atoms. The summed E-state index contributed by atoms with van der Waals surface area (Å²) in [5, 5.41) is 20.7. The molecule has 0 aliphatic carbocycles. The van der Waals surface area contributed by atoms with Gasteiger partial charge in [-0.05, 0) is 89.2 Å². The third-order valence-corrected chi connectivity index (χ3v) is 11.6. The molecule has 0 aliphatic heterocycles. The van der Waals surface area contributed by atoms with Crippen LogP contribution in [-0.4, -0.2) is 71.7 Å². The molecule has 0 saturated heterocycles. The first kappa shape index (κ1) is 57.2. The summed E-state index contributed by atoms with van der Waals surface area (Å²) in [6.07, 6.45) is 34.2. The number of aliphatic hydroxyl groups is 2. The fourth-order valence-corrected chi connectivity index (χ4v) is 7.49. The summed E-state index contributed by atoms with van der Waals surface area (Å²) in [6.45, 7) is 7.60. The molecular formula is C49H84NO11P. The Morgan fingerprint density at radius 1 is 0.661 bits per heavy atom. The Morgan fingerprint density at radius 3 is 1.74 bits per heavy atom. The lowest BCUT2D eigenvalue weighted by molar-refractivity contribution is -0.161. The molecular weight excluding hydrogens is 810 g/mol. The summed E-state index contributed by atoms with van der Waals surface area (Å²) in [5.74, 6) is 1.21. The van der Waals surface area contributed by atoms with Crippen LogP contribution in [0.25, 0.3) is 0 Å². The quantitative estimate of drug-likeness (QED) is 0.0212. The van der Waals surface area contributed by atoms with Crippen LogP contribution in [0.5, 0.6) is 0 Å². The maximum absolute atomic E-state index is 12.7. The second kappa shape index (κ2) is 37.5. The van der Waals surface area contributed by atoms with Crippen molar-refractivity contribution in [3.63, 3.8) is 0 Å². The fraction of sp³-hybridized carbons (Fsp3) is 0.714. The average molecular weight is 894 g/mol. The first-order chi connectivity index (χ1) is 29.9. The van der Waals surface area contributed by atoms with Crippen molar-refractivity contribution in [1.82, 2.24) is 0 Å². The van der Waals surface area contributed by atoms with Crippen LogP contribution in [0.3, 0.4) is 0 Å². The van der Waals surface area contributed by atoms with E-state index in [-0.39, 0.29) is 51.9 Å². The van der Waals surface area contributed by atoms with Gasteiger partial charge in [-0.3, -0.25) is 18.6 Å². The number of carbonyl (C=O) groups is 2. The monoisotopic (exact) mass is 894 g/mol. The van der Waals surface area contributed by atoms with Gasteiger partial charge >= 0.3 is 19.8 Å². The van der Waals surface area contributed by atoms with E-state index in [1.165, 1.54) is 67.6 Å². The smallest absolute Gasteiger partial charge is 0.466 e. The first-order valence-electron chi connectivity index (χ1n) is 23.6. The number of allylic oxidation sites excluding steroid dienone is 7. The Bertz CT molecular complexity index is 1470. The highest BCUT2D eigenvalue weighted by atomic mass is 31.2. The molecule has 1 aromatic heterocycles. The minimum absolute atomic E-state index is 0.00670. The first-order valence-corrected chi connectivity index (χ1v) is 25.1. The maximum atomic E-state index is 12.7. The van der Waals surface area contributed by atoms with E-state index in [1.54, 1.807) is 0 Å². The molecule has 1 unspecified atom stereocenters. The molecule has 62 heavy (non-hydrogen) atoms. The Kier molecular flexibility index (Phi) is 34.6. The third-order valence-electron chi connectivity index (χ3n) is 10.6. The van der Waals surface area contributed by atoms with Gasteiger partial charge in [0.25, 0.3) is 0 Å². The number of rotatable bonds is 40. The van der Waals surface area contributed by atoms with Gasteiger partial charge in [0.05, 0.1) is 25.4 Å². The largest absolute Gasteiger partial charge is 0.472 e. The topological polar surface area (TPSA) is 188 Å². The number of phosphoric acid groups is 1. The van der Waals surface area contributed by atoms with Crippen LogP contribution in [0.15, 0.2) is 53.0 Å². The lowest BCUT2D eigenvalue weighted by Gasteiger charge is -2.20. The van der Waals surface area contributed by atoms with Crippen molar-refractivity contribution in [3.8, 4) is 0 Å². The molecule has 0 saturated carbocycles. The van der Waals surface area contributed by atoms with Gasteiger partial charge in [-0.15, -0.1) is 0 Å². The number of unbranched alkanes of at least 4 members (excludes halogenated alkanes) is 11. The van der Waals surface area contributed by atoms with Gasteiger partial charge in [0.1, 0.15) is 18.1 Å². The Morgan fingerprint density at radius 2 is 1.18 bits per heavy atom. The number of furan rings is 1. The summed E-state index contributed by atoms with van der Waals surface area (Å²) in [4.78, 5) is 35.1. The number of aliphatic hydroxyl groups excluding tert-OH is 2. The van der Waals surface area contributed by atoms with E-state index in [1.807, 2.05) is 18.2 Å². The number of nitrogens with two attached hydrogens (primary N) is 1. The normalized spacial score (nSPS) is 14.6. The summed E-state index contributed by atoms with van der Waals surface area (Å²) in [6, 6.07) is 0. The average Bonchev–Trinajstić information content (AvgIpc) is 3.52. The zero-order chi connectivity index (χ0) is 45.7. The number of hydrogen-bond donors (Lipinski definition) is 4. The van der Waals surface area contributed by atoms with Gasteiger partial charge in [-0.1, -0.05) is 127 Å². The van der Waals surface area contributed by atoms with Crippen LogP contribution in [0.2, 0.25) is 0 Å². The van der Waals surface area contributed by atoms with Gasteiger partial charge in [0, 0.05) is 32.2 Å². The summed E-state index contributed by atoms with van der Waals surface area (Å²) in [5.41, 5.74) is 8.01. The van der Waals surface area contributed by atoms with Gasteiger partial charge in [0.15, 0.2) is 6.10 Å². The number of ether oxygens (including phenoxy) is 2. The molecule has 356 valence electrons. The lowest BCUT2D eigenvalue weighted by Crippen LogP contribution is -2.30. The number of aryl methyl sites for hydroxylation is 2. The van der Waals surface area contributed by atoms with Crippen molar-refractivity contribution < 1.29 is 52.2 Å². The molecule has 4 atom stereocenters. The van der Waals surface area contributed by atoms with Crippen molar-refractivity contribution in [3.05, 3.63) is 71.3 Å². The van der Waals surface area contributed by atoms with E-state index in [0.717, 1.165) is 70.6 Å². The second-order valence-corrected chi connectivity index (χ2v) is 17.6. The van der Waals surface area contributed by atoms with Crippen molar-refractivity contribution in [2.45, 2.75) is 200 Å². The van der Waals surface area contributed by atoms with Crippen LogP contribution < -0.4 is 5.73 Å². The van der Waals surface area contributed by atoms with E-state index in [9.17, 15) is 29.3 Å². The Labute approximate surface area is 374 Å². The van der Waals surface area contributed by atoms with Gasteiger partial charge in [-0.25, -0.2) is 4.57 Å². The fourth-order valence-electron chi connectivity index (χ4n) is 6.72. The molecule has 0 bridgehead atoms. The molecule has 0 amide bonds. The second-order valence-electron chi connectivity index (χ2n) is 16.1. The molecule has 0 aliphatic rings. The third kappa shape index (κ3) is 30.3. The molecule has 0 fully saturated rings. The highest BCUT2D eigenvalue weighted by Crippen LogP contribution is 2.43. The molecule has 1 heterocycles. The van der Waals surface area contributed by atoms with Crippen LogP contribution in [0.4, 0.5) is 0 Å². The summed E-state index contributed by atoms with van der Waals surface area (Å²) in [7, 11) is -4.46. The maximum Gasteiger partial charge on any atom is 0.472 e. The predicted molar refractivity (Wildman–Crippen MR) is 249 cm³/mol. The van der Waals surface area contributed by atoms with Crippen LogP contribution in [0, 0.1) is 13.8 Å². The zero-order valence-corrected chi connectivity index (χ0v) is 39.7. The van der Waals surface area contributed by atoms with E-state index in [0.29, 0.717) is 6.42 Å². The molecule has 0 radical (unpaired) electrons. The highest BCUT2D eigenvalue weighted by molar-refractivity contribution is 7.47. The van der Waals surface area contributed by atoms with Crippen molar-refractivity contribution in [2.75, 3.05) is 26.4 Å². The minimum atomic E-state index is -4.46. The zero-order valence-electron chi connectivity index (χ0n) is 38.8. The Hall–Kier alpha value is -2.83. The van der Waals surface area contributed by atoms with E-state index < -0.39 is 44.7 Å². The standard InChI is InChI=1S/C49H84NO11P/c1-5-7-9-10-11-12-13-14-17-20-23-27-31-44(51)45(52)32-30-36-48(53)57-39-43(40-59-62(55,56)58-38-37-50)60-49(54)35-29-25-22-19-16-15-18-21-24-28-34-47-42(4)41(3)46(61-47)33-26-8-6-2/h7,9,11-12,14,17,23,27,43-45,51-52H,5-6,8,10,13,15-16,18-22,24-26,28-40,50H2,1-4H3,(H,55,56)/b9-7-,12-11-,17-14-,27-23-/t43-,44+,45+/m1/s1. The summed E-state index contributed by atoms with van der Waals surface area (Å²) >= 11 is 0. The van der Waals surface area contributed by atoms with Gasteiger partial charge < -0.3 is 34.7 Å². The highest BCUT2D eigenvalue weighted by Gasteiger charge is 2.26. The van der Waals surface area contributed by atoms with Crippen molar-refractivity contribution in [2.24, 2.45) is 5.73 Å². The molecule has 12 nitrogen and oxygen atoms in total. The Balaban J connectivity index is 2.31. The molecule has 5 N–H and O–H groups in total. The van der Waals surface area contributed by atoms with Crippen molar-refractivity contribution >= 4 is 19.8 Å². The SMILES string of the molecule is CC/C=C\C/C=C\C/C=C\C/C=C\C[C@H](O)[C@@H](O)CCCC(=O)OC[C@H](COP(=O)(O)OCCN)OC(=O)CCCCCCCCCCCCc1oc(CCCCC)c(C)c1C. The lowest BCUT2D eigenvalue weighted by atomic mass is 10.0. The number of carbonyl (C=O) groups excluding carboxylic acids is 2. The summed E-state index contributed by atoms with van der Waals surface area (Å²) < 4.78 is 38.9. The number of esters is 2. The van der Waals surface area contributed by atoms with Gasteiger partial charge in [-0.2, -0.15) is 0 Å². The van der Waals surface area contributed by atoms with Gasteiger partial charge in [0.2, 0.25) is 0 Å².